The highest BCUT2D eigenvalue weighted by Crippen LogP contribution is 2.22. The molecule has 31 heavy (non-hydrogen) atoms. The summed E-state index contributed by atoms with van der Waals surface area (Å²) in [5.41, 5.74) is 1.72. The number of nitrogens with one attached hydrogen (secondary N) is 3. The van der Waals surface area contributed by atoms with E-state index in [1.165, 1.54) is 12.1 Å². The largest absolute Gasteiger partial charge is 0.351 e. The number of hydrogen-bond acceptors (Lipinski definition) is 4. The Morgan fingerprint density at radius 3 is 2.48 bits per heavy atom. The second kappa shape index (κ2) is 8.76. The maximum Gasteiger partial charge on any atom is 0.321 e. The Bertz CT molecular complexity index is 1140. The molecule has 0 aliphatic carbocycles. The number of non-ortho nitro benzene ring substituents is 1. The van der Waals surface area contributed by atoms with Crippen LogP contribution in [-0.4, -0.2) is 45.9 Å². The summed E-state index contributed by atoms with van der Waals surface area (Å²) in [5, 5.41) is 17.4. The number of amides is 3. The molecule has 3 N–H and O–H groups in total. The van der Waals surface area contributed by atoms with Crippen molar-refractivity contribution in [1.29, 1.82) is 0 Å². The molecule has 4 rings (SSSR count). The summed E-state index contributed by atoms with van der Waals surface area (Å²) in [6.07, 6.45) is 1.29. The number of likely N-dealkylation sites (tertiary alicyclic amines) is 1. The lowest BCUT2D eigenvalue weighted by atomic mass is 10.1. The van der Waals surface area contributed by atoms with Crippen molar-refractivity contribution in [1.82, 2.24) is 15.2 Å². The molecule has 0 saturated carbocycles. The zero-order chi connectivity index (χ0) is 22.0. The molecule has 160 valence electrons. The lowest BCUT2D eigenvalue weighted by molar-refractivity contribution is -0.384. The Balaban J connectivity index is 1.31. The Kier molecular flexibility index (Phi) is 5.90. The van der Waals surface area contributed by atoms with Crippen molar-refractivity contribution in [3.8, 4) is 0 Å². The highest BCUT2D eigenvalue weighted by atomic mass is 79.9. The van der Waals surface area contributed by atoms with Crippen molar-refractivity contribution in [2.24, 2.45) is 0 Å². The summed E-state index contributed by atoms with van der Waals surface area (Å²) < 4.78 is 0.940. The molecule has 2 heterocycles. The van der Waals surface area contributed by atoms with E-state index < -0.39 is 4.92 Å². The third kappa shape index (κ3) is 4.85. The number of urea groups is 1. The molecular weight excluding hydrogens is 466 g/mol. The fraction of sp³-hybridized carbons (Fsp3) is 0.238. The van der Waals surface area contributed by atoms with E-state index in [0.717, 1.165) is 10.2 Å². The van der Waals surface area contributed by atoms with E-state index in [1.54, 1.807) is 17.0 Å². The van der Waals surface area contributed by atoms with Gasteiger partial charge in [-0.2, -0.15) is 0 Å². The van der Waals surface area contributed by atoms with E-state index in [2.05, 4.69) is 31.5 Å². The quantitative estimate of drug-likeness (QED) is 0.377. The summed E-state index contributed by atoms with van der Waals surface area (Å²) in [6.45, 7) is 1.07. The van der Waals surface area contributed by atoms with Crippen molar-refractivity contribution in [3.63, 3.8) is 0 Å². The molecule has 0 atom stereocenters. The number of nitro groups is 1. The molecule has 1 fully saturated rings. The number of halogens is 1. The van der Waals surface area contributed by atoms with Gasteiger partial charge in [0.05, 0.1) is 4.92 Å². The van der Waals surface area contributed by atoms with Gasteiger partial charge in [0.15, 0.2) is 0 Å². The number of H-pyrrole nitrogens is 1. The van der Waals surface area contributed by atoms with Crippen LogP contribution in [0.4, 0.5) is 16.2 Å². The first-order valence-electron chi connectivity index (χ1n) is 9.78. The maximum atomic E-state index is 12.6. The number of hydrogen-bond donors (Lipinski definition) is 3. The highest BCUT2D eigenvalue weighted by molar-refractivity contribution is 9.10. The van der Waals surface area contributed by atoms with Gasteiger partial charge in [-0.15, -0.1) is 0 Å². The molecule has 1 saturated heterocycles. The second-order valence-corrected chi connectivity index (χ2v) is 8.30. The average molecular weight is 486 g/mol. The van der Waals surface area contributed by atoms with Crippen LogP contribution in [0.5, 0.6) is 0 Å². The molecule has 0 unspecified atom stereocenters. The fourth-order valence-electron chi connectivity index (χ4n) is 3.58. The Hall–Kier alpha value is -3.40. The van der Waals surface area contributed by atoms with Gasteiger partial charge in [-0.3, -0.25) is 14.9 Å². The zero-order valence-corrected chi connectivity index (χ0v) is 18.0. The van der Waals surface area contributed by atoms with E-state index in [1.807, 2.05) is 24.3 Å². The van der Waals surface area contributed by atoms with Crippen LogP contribution in [0, 0.1) is 10.1 Å². The van der Waals surface area contributed by atoms with Crippen molar-refractivity contribution in [2.75, 3.05) is 18.4 Å². The molecule has 1 aromatic heterocycles. The molecule has 0 radical (unpaired) electrons. The average Bonchev–Trinajstić information content (AvgIpc) is 3.19. The summed E-state index contributed by atoms with van der Waals surface area (Å²) in [6, 6.07) is 13.2. The van der Waals surface area contributed by atoms with Gasteiger partial charge < -0.3 is 20.5 Å². The smallest absolute Gasteiger partial charge is 0.321 e. The number of benzene rings is 2. The van der Waals surface area contributed by atoms with Crippen LogP contribution in [0.3, 0.4) is 0 Å². The lowest BCUT2D eigenvalue weighted by Gasteiger charge is -2.32. The van der Waals surface area contributed by atoms with Crippen LogP contribution in [0.2, 0.25) is 0 Å². The topological polar surface area (TPSA) is 120 Å². The normalized spacial score (nSPS) is 14.4. The van der Waals surface area contributed by atoms with Crippen LogP contribution in [-0.2, 0) is 0 Å². The van der Waals surface area contributed by atoms with Crippen molar-refractivity contribution in [2.45, 2.75) is 18.9 Å². The maximum absolute atomic E-state index is 12.6. The van der Waals surface area contributed by atoms with Crippen LogP contribution in [0.25, 0.3) is 10.9 Å². The van der Waals surface area contributed by atoms with Gasteiger partial charge in [-0.25, -0.2) is 4.79 Å². The summed E-state index contributed by atoms with van der Waals surface area (Å²) in [4.78, 5) is 40.2. The predicted molar refractivity (Wildman–Crippen MR) is 120 cm³/mol. The number of nitrogens with zero attached hydrogens (tertiary/aromatic N) is 2. The molecule has 10 heteroatoms. The van der Waals surface area contributed by atoms with Crippen LogP contribution in [0.15, 0.2) is 53.0 Å². The Labute approximate surface area is 186 Å². The number of anilines is 1. The summed E-state index contributed by atoms with van der Waals surface area (Å²) >= 11 is 3.36. The molecule has 0 spiro atoms. The Morgan fingerprint density at radius 1 is 1.10 bits per heavy atom. The van der Waals surface area contributed by atoms with Gasteiger partial charge in [0.2, 0.25) is 0 Å². The number of rotatable bonds is 4. The number of carbonyl (C=O) groups is 2. The number of nitro benzene ring substituents is 1. The van der Waals surface area contributed by atoms with Crippen LogP contribution >= 0.6 is 15.9 Å². The standard InChI is InChI=1S/C21H20BrN5O4/c22-14-1-3-15(4-2-14)24-21(29)26-9-7-16(8-10-26)23-20(28)19-12-13-11-17(27(30)31)5-6-18(13)25-19/h1-6,11-12,16,25H,7-10H2,(H,23,28)(H,24,29). The molecular formula is C21H20BrN5O4. The van der Waals surface area contributed by atoms with Crippen LogP contribution in [0.1, 0.15) is 23.3 Å². The number of aromatic nitrogens is 1. The van der Waals surface area contributed by atoms with E-state index in [0.29, 0.717) is 42.5 Å². The number of aromatic amines is 1. The molecule has 1 aliphatic heterocycles. The molecule has 0 bridgehead atoms. The molecule has 9 nitrogen and oxygen atoms in total. The number of fused-ring (bicyclic) bond motifs is 1. The van der Waals surface area contributed by atoms with E-state index in [-0.39, 0.29) is 23.7 Å². The number of carbonyl (C=O) groups excluding carboxylic acids is 2. The van der Waals surface area contributed by atoms with E-state index in [9.17, 15) is 19.7 Å². The third-order valence-corrected chi connectivity index (χ3v) is 5.80. The minimum Gasteiger partial charge on any atom is -0.351 e. The van der Waals surface area contributed by atoms with Gasteiger partial charge in [-0.05, 0) is 49.2 Å². The first-order chi connectivity index (χ1) is 14.9. The monoisotopic (exact) mass is 485 g/mol. The molecule has 2 aromatic carbocycles. The van der Waals surface area contributed by atoms with Crippen molar-refractivity contribution in [3.05, 3.63) is 68.8 Å². The summed E-state index contributed by atoms with van der Waals surface area (Å²) in [5.74, 6) is -0.267. The highest BCUT2D eigenvalue weighted by Gasteiger charge is 2.25. The van der Waals surface area contributed by atoms with Gasteiger partial charge in [0, 0.05) is 52.3 Å². The van der Waals surface area contributed by atoms with Crippen molar-refractivity contribution >= 4 is 50.1 Å². The zero-order valence-electron chi connectivity index (χ0n) is 16.4. The summed E-state index contributed by atoms with van der Waals surface area (Å²) in [7, 11) is 0. The third-order valence-electron chi connectivity index (χ3n) is 5.27. The minimum absolute atomic E-state index is 0.0211. The van der Waals surface area contributed by atoms with Gasteiger partial charge in [0.25, 0.3) is 11.6 Å². The van der Waals surface area contributed by atoms with Gasteiger partial charge in [-0.1, -0.05) is 15.9 Å². The van der Waals surface area contributed by atoms with Gasteiger partial charge >= 0.3 is 6.03 Å². The lowest BCUT2D eigenvalue weighted by Crippen LogP contribution is -2.47. The minimum atomic E-state index is -0.465. The van der Waals surface area contributed by atoms with E-state index >= 15 is 0 Å². The second-order valence-electron chi connectivity index (χ2n) is 7.38. The molecule has 3 aromatic rings. The first-order valence-corrected chi connectivity index (χ1v) is 10.6. The van der Waals surface area contributed by atoms with E-state index in [4.69, 9.17) is 0 Å². The number of piperidine rings is 1. The van der Waals surface area contributed by atoms with Crippen molar-refractivity contribution < 1.29 is 14.5 Å². The predicted octanol–water partition coefficient (Wildman–Crippen LogP) is 4.26. The van der Waals surface area contributed by atoms with Gasteiger partial charge in [0.1, 0.15) is 5.69 Å². The SMILES string of the molecule is O=C(NC1CCN(C(=O)Nc2ccc(Br)cc2)CC1)c1cc2cc([N+](=O)[O-])ccc2[nH]1. The van der Waals surface area contributed by atoms with Crippen LogP contribution < -0.4 is 10.6 Å². The molecule has 3 amide bonds. The Morgan fingerprint density at radius 2 is 1.81 bits per heavy atom. The fourth-order valence-corrected chi connectivity index (χ4v) is 3.85. The molecule has 1 aliphatic rings. The first kappa shape index (κ1) is 20.9.